The Morgan fingerprint density at radius 3 is 2.62 bits per heavy atom. The number of carbonyl (C=O) groups is 1. The van der Waals surface area contributed by atoms with E-state index in [1.165, 1.54) is 0 Å². The molecule has 0 bridgehead atoms. The smallest absolute Gasteiger partial charge is 0.225 e. The van der Waals surface area contributed by atoms with Crippen LogP contribution in [0.25, 0.3) is 0 Å². The van der Waals surface area contributed by atoms with Crippen molar-refractivity contribution in [1.29, 1.82) is 0 Å². The predicted molar refractivity (Wildman–Crippen MR) is 130 cm³/mol. The summed E-state index contributed by atoms with van der Waals surface area (Å²) in [5.74, 6) is 0.824. The van der Waals surface area contributed by atoms with Gasteiger partial charge < -0.3 is 20.7 Å². The standard InChI is InChI=1S/C21H35N5O2.HI/c1-5-22-20(25-21(2,3)4)23-16-17-7-6-8-18(15-17)24-19(27)9-10-26-11-13-28-14-12-26;/h6-8,15H,5,9-14,16H2,1-4H3,(H,24,27)(H2,22,23,25);1H. The minimum absolute atomic E-state index is 0. The summed E-state index contributed by atoms with van der Waals surface area (Å²) in [4.78, 5) is 19.2. The first-order valence-corrected chi connectivity index (χ1v) is 10.1. The molecule has 0 aromatic heterocycles. The average molecular weight is 517 g/mol. The molecule has 0 saturated carbocycles. The molecule has 3 N–H and O–H groups in total. The molecule has 0 radical (unpaired) electrons. The lowest BCUT2D eigenvalue weighted by Gasteiger charge is -2.26. The van der Waals surface area contributed by atoms with Crippen LogP contribution in [0.4, 0.5) is 5.69 Å². The highest BCUT2D eigenvalue weighted by atomic mass is 127. The number of halogens is 1. The SMILES string of the molecule is CCNC(=NCc1cccc(NC(=O)CCN2CCOCC2)c1)NC(C)(C)C.I. The normalized spacial score (nSPS) is 15.4. The molecule has 1 saturated heterocycles. The van der Waals surface area contributed by atoms with Gasteiger partial charge in [0.05, 0.1) is 19.8 Å². The molecule has 2 rings (SSSR count). The fourth-order valence-corrected chi connectivity index (χ4v) is 2.89. The molecule has 1 aliphatic rings. The van der Waals surface area contributed by atoms with E-state index in [1.54, 1.807) is 0 Å². The number of carbonyl (C=O) groups excluding carboxylic acids is 1. The summed E-state index contributed by atoms with van der Waals surface area (Å²) in [5, 5.41) is 9.63. The van der Waals surface area contributed by atoms with Crippen molar-refractivity contribution in [3.8, 4) is 0 Å². The molecule has 1 aromatic carbocycles. The Labute approximate surface area is 192 Å². The minimum Gasteiger partial charge on any atom is -0.379 e. The topological polar surface area (TPSA) is 78.0 Å². The second-order valence-corrected chi connectivity index (χ2v) is 8.02. The van der Waals surface area contributed by atoms with E-state index in [9.17, 15) is 4.79 Å². The van der Waals surface area contributed by atoms with E-state index in [1.807, 2.05) is 31.2 Å². The number of hydrogen-bond acceptors (Lipinski definition) is 4. The Morgan fingerprint density at radius 2 is 1.97 bits per heavy atom. The maximum atomic E-state index is 12.3. The van der Waals surface area contributed by atoms with Crippen LogP contribution in [0.5, 0.6) is 0 Å². The third kappa shape index (κ3) is 10.8. The fraction of sp³-hybridized carbons (Fsp3) is 0.619. The van der Waals surface area contributed by atoms with Crippen LogP contribution < -0.4 is 16.0 Å². The van der Waals surface area contributed by atoms with E-state index >= 15 is 0 Å². The maximum Gasteiger partial charge on any atom is 0.225 e. The first-order chi connectivity index (χ1) is 13.4. The third-order valence-electron chi connectivity index (χ3n) is 4.23. The van der Waals surface area contributed by atoms with Crippen molar-refractivity contribution < 1.29 is 9.53 Å². The molecule has 164 valence electrons. The molecule has 1 aromatic rings. The highest BCUT2D eigenvalue weighted by molar-refractivity contribution is 14.0. The summed E-state index contributed by atoms with van der Waals surface area (Å²) >= 11 is 0. The molecule has 1 fully saturated rings. The van der Waals surface area contributed by atoms with Crippen LogP contribution in [0.2, 0.25) is 0 Å². The van der Waals surface area contributed by atoms with Crippen molar-refractivity contribution in [1.82, 2.24) is 15.5 Å². The van der Waals surface area contributed by atoms with Crippen molar-refractivity contribution >= 4 is 41.5 Å². The van der Waals surface area contributed by atoms with Gasteiger partial charge in [-0.25, -0.2) is 4.99 Å². The average Bonchev–Trinajstić information content (AvgIpc) is 2.65. The van der Waals surface area contributed by atoms with Gasteiger partial charge in [0, 0.05) is 43.8 Å². The van der Waals surface area contributed by atoms with Gasteiger partial charge in [-0.1, -0.05) is 12.1 Å². The molecule has 7 nitrogen and oxygen atoms in total. The molecular weight excluding hydrogens is 481 g/mol. The summed E-state index contributed by atoms with van der Waals surface area (Å²) < 4.78 is 5.34. The highest BCUT2D eigenvalue weighted by Gasteiger charge is 2.13. The number of ether oxygens (including phenoxy) is 1. The van der Waals surface area contributed by atoms with Gasteiger partial charge >= 0.3 is 0 Å². The molecule has 8 heteroatoms. The van der Waals surface area contributed by atoms with Crippen LogP contribution in [0, 0.1) is 0 Å². The number of nitrogens with zero attached hydrogens (tertiary/aromatic N) is 2. The molecule has 0 spiro atoms. The van der Waals surface area contributed by atoms with Crippen molar-refractivity contribution in [2.75, 3.05) is 44.7 Å². The molecule has 0 aliphatic carbocycles. The monoisotopic (exact) mass is 517 g/mol. The van der Waals surface area contributed by atoms with E-state index in [4.69, 9.17) is 4.74 Å². The molecule has 1 aliphatic heterocycles. The number of guanidine groups is 1. The van der Waals surface area contributed by atoms with E-state index < -0.39 is 0 Å². The Balaban J connectivity index is 0.00000420. The van der Waals surface area contributed by atoms with Gasteiger partial charge in [0.25, 0.3) is 0 Å². The van der Waals surface area contributed by atoms with Crippen LogP contribution in [0.15, 0.2) is 29.3 Å². The molecular formula is C21H36IN5O2. The van der Waals surface area contributed by atoms with Gasteiger partial charge in [0.2, 0.25) is 5.91 Å². The number of amides is 1. The summed E-state index contributed by atoms with van der Waals surface area (Å²) in [6.07, 6.45) is 0.489. The number of benzene rings is 1. The van der Waals surface area contributed by atoms with Gasteiger partial charge in [0.15, 0.2) is 5.96 Å². The molecule has 1 heterocycles. The minimum atomic E-state index is -0.0582. The summed E-state index contributed by atoms with van der Waals surface area (Å²) in [6, 6.07) is 7.87. The summed E-state index contributed by atoms with van der Waals surface area (Å²) in [7, 11) is 0. The summed E-state index contributed by atoms with van der Waals surface area (Å²) in [5.41, 5.74) is 1.81. The van der Waals surface area contributed by atoms with Crippen molar-refractivity contribution in [2.45, 2.75) is 46.2 Å². The van der Waals surface area contributed by atoms with Gasteiger partial charge in [-0.05, 0) is 45.4 Å². The molecule has 29 heavy (non-hydrogen) atoms. The molecule has 1 amide bonds. The van der Waals surface area contributed by atoms with E-state index in [0.717, 1.165) is 56.6 Å². The van der Waals surface area contributed by atoms with E-state index in [0.29, 0.717) is 13.0 Å². The lowest BCUT2D eigenvalue weighted by molar-refractivity contribution is -0.116. The van der Waals surface area contributed by atoms with E-state index in [2.05, 4.69) is 46.6 Å². The summed E-state index contributed by atoms with van der Waals surface area (Å²) in [6.45, 7) is 13.8. The quantitative estimate of drug-likeness (QED) is 0.295. The fourth-order valence-electron chi connectivity index (χ4n) is 2.89. The molecule has 0 atom stereocenters. The zero-order chi connectivity index (χ0) is 20.4. The van der Waals surface area contributed by atoms with Gasteiger partial charge in [-0.2, -0.15) is 0 Å². The highest BCUT2D eigenvalue weighted by Crippen LogP contribution is 2.12. The Hall–Kier alpha value is -1.39. The maximum absolute atomic E-state index is 12.3. The van der Waals surface area contributed by atoms with Crippen molar-refractivity contribution in [2.24, 2.45) is 4.99 Å². The Bertz CT molecular complexity index is 655. The molecule has 0 unspecified atom stereocenters. The van der Waals surface area contributed by atoms with Crippen molar-refractivity contribution in [3.05, 3.63) is 29.8 Å². The van der Waals surface area contributed by atoms with Gasteiger partial charge in [-0.15, -0.1) is 24.0 Å². The number of nitrogens with one attached hydrogen (secondary N) is 3. The number of rotatable bonds is 7. The Morgan fingerprint density at radius 1 is 1.24 bits per heavy atom. The second-order valence-electron chi connectivity index (χ2n) is 8.02. The first kappa shape index (κ1) is 25.6. The lowest BCUT2D eigenvalue weighted by atomic mass is 10.1. The number of anilines is 1. The van der Waals surface area contributed by atoms with Gasteiger partial charge in [0.1, 0.15) is 0 Å². The second kappa shape index (κ2) is 13.0. The number of morpholine rings is 1. The van der Waals surface area contributed by atoms with Crippen molar-refractivity contribution in [3.63, 3.8) is 0 Å². The first-order valence-electron chi connectivity index (χ1n) is 10.1. The number of hydrogen-bond donors (Lipinski definition) is 3. The predicted octanol–water partition coefficient (Wildman–Crippen LogP) is 2.82. The third-order valence-corrected chi connectivity index (χ3v) is 4.23. The van der Waals surface area contributed by atoms with E-state index in [-0.39, 0.29) is 35.4 Å². The van der Waals surface area contributed by atoms with Crippen LogP contribution in [0.3, 0.4) is 0 Å². The van der Waals surface area contributed by atoms with Crippen LogP contribution in [-0.2, 0) is 16.1 Å². The Kier molecular flexibility index (Phi) is 11.5. The number of aliphatic imine (C=N–C) groups is 1. The lowest BCUT2D eigenvalue weighted by Crippen LogP contribution is -2.47. The zero-order valence-corrected chi connectivity index (χ0v) is 20.4. The zero-order valence-electron chi connectivity index (χ0n) is 18.1. The van der Waals surface area contributed by atoms with Gasteiger partial charge in [-0.3, -0.25) is 9.69 Å². The van der Waals surface area contributed by atoms with Crippen LogP contribution in [0.1, 0.15) is 39.7 Å². The largest absolute Gasteiger partial charge is 0.379 e. The van der Waals surface area contributed by atoms with Crippen LogP contribution >= 0.6 is 24.0 Å². The van der Waals surface area contributed by atoms with Crippen LogP contribution in [-0.4, -0.2) is 61.7 Å².